The van der Waals surface area contributed by atoms with Crippen LogP contribution in [0, 0.1) is 5.92 Å². The van der Waals surface area contributed by atoms with Crippen LogP contribution in [0.5, 0.6) is 5.75 Å². The van der Waals surface area contributed by atoms with Gasteiger partial charge in [-0.05, 0) is 63.5 Å². The zero-order valence-electron chi connectivity index (χ0n) is 18.6. The standard InChI is InChI=1S/C24H34N4O3/c1-24(2)13-20(26-15-29)19-11-16(9-10-21(19)31-24)5-3-4-6-18-12-22(30)28(23(25)27-18)14-17-7-8-17/h9-11,15,17-18,20H,3-8,12-14H2,1-2H3,(H2,25,27)(H,26,29). The fraction of sp³-hybridized carbons (Fsp3) is 0.625. The van der Waals surface area contributed by atoms with Gasteiger partial charge in [0, 0.05) is 24.9 Å². The van der Waals surface area contributed by atoms with Crippen LogP contribution >= 0.6 is 0 Å². The Morgan fingerprint density at radius 1 is 1.32 bits per heavy atom. The Kier molecular flexibility index (Phi) is 6.21. The first-order valence-electron chi connectivity index (χ1n) is 11.5. The van der Waals surface area contributed by atoms with Crippen molar-refractivity contribution < 1.29 is 14.3 Å². The normalized spacial score (nSPS) is 24.8. The summed E-state index contributed by atoms with van der Waals surface area (Å²) in [7, 11) is 0. The molecule has 1 fully saturated rings. The smallest absolute Gasteiger partial charge is 0.231 e. The number of ether oxygens (including phenoxy) is 1. The van der Waals surface area contributed by atoms with E-state index in [1.165, 1.54) is 18.4 Å². The molecule has 168 valence electrons. The average molecular weight is 427 g/mol. The van der Waals surface area contributed by atoms with Gasteiger partial charge in [0.15, 0.2) is 5.96 Å². The van der Waals surface area contributed by atoms with Gasteiger partial charge in [0.1, 0.15) is 11.4 Å². The number of nitrogens with one attached hydrogen (secondary N) is 1. The molecule has 2 unspecified atom stereocenters. The van der Waals surface area contributed by atoms with Crippen LogP contribution in [0.4, 0.5) is 0 Å². The summed E-state index contributed by atoms with van der Waals surface area (Å²) in [6.45, 7) is 4.82. The predicted octanol–water partition coefficient (Wildman–Crippen LogP) is 3.07. The maximum absolute atomic E-state index is 12.4. The van der Waals surface area contributed by atoms with E-state index >= 15 is 0 Å². The number of hydrogen-bond donors (Lipinski definition) is 2. The Hall–Kier alpha value is -2.57. The highest BCUT2D eigenvalue weighted by Crippen LogP contribution is 2.40. The van der Waals surface area contributed by atoms with Crippen molar-refractivity contribution >= 4 is 18.3 Å². The molecule has 0 bridgehead atoms. The van der Waals surface area contributed by atoms with E-state index in [0.29, 0.717) is 18.3 Å². The van der Waals surface area contributed by atoms with Gasteiger partial charge in [-0.1, -0.05) is 18.6 Å². The van der Waals surface area contributed by atoms with Crippen molar-refractivity contribution in [2.24, 2.45) is 16.6 Å². The van der Waals surface area contributed by atoms with Gasteiger partial charge in [-0.3, -0.25) is 14.5 Å². The lowest BCUT2D eigenvalue weighted by atomic mass is 9.88. The van der Waals surface area contributed by atoms with Crippen LogP contribution in [0.2, 0.25) is 0 Å². The summed E-state index contributed by atoms with van der Waals surface area (Å²) in [5.41, 5.74) is 8.05. The Labute approximate surface area is 184 Å². The van der Waals surface area contributed by atoms with Crippen LogP contribution in [0.25, 0.3) is 0 Å². The van der Waals surface area contributed by atoms with Crippen molar-refractivity contribution in [3.8, 4) is 5.75 Å². The lowest BCUT2D eigenvalue weighted by molar-refractivity contribution is -0.128. The quantitative estimate of drug-likeness (QED) is 0.468. The van der Waals surface area contributed by atoms with Gasteiger partial charge in [0.2, 0.25) is 12.3 Å². The molecule has 3 aliphatic rings. The van der Waals surface area contributed by atoms with E-state index in [1.807, 2.05) is 19.9 Å². The number of hydrogen-bond acceptors (Lipinski definition) is 5. The molecule has 1 aliphatic carbocycles. The van der Waals surface area contributed by atoms with E-state index in [-0.39, 0.29) is 23.6 Å². The number of amides is 2. The maximum atomic E-state index is 12.4. The molecule has 0 aromatic heterocycles. The zero-order chi connectivity index (χ0) is 22.0. The molecule has 1 saturated carbocycles. The molecule has 7 nitrogen and oxygen atoms in total. The number of nitrogens with two attached hydrogens (primary N) is 1. The first kappa shape index (κ1) is 21.7. The molecule has 2 atom stereocenters. The molecule has 0 radical (unpaired) electrons. The second-order valence-corrected chi connectivity index (χ2v) is 9.81. The second kappa shape index (κ2) is 8.89. The summed E-state index contributed by atoms with van der Waals surface area (Å²) in [5.74, 6) is 1.99. The van der Waals surface area contributed by atoms with Crippen molar-refractivity contribution in [2.75, 3.05) is 6.54 Å². The van der Waals surface area contributed by atoms with Crippen molar-refractivity contribution in [1.82, 2.24) is 10.2 Å². The molecule has 4 rings (SSSR count). The second-order valence-electron chi connectivity index (χ2n) is 9.81. The van der Waals surface area contributed by atoms with E-state index < -0.39 is 0 Å². The van der Waals surface area contributed by atoms with Gasteiger partial charge in [-0.25, -0.2) is 4.99 Å². The summed E-state index contributed by atoms with van der Waals surface area (Å²) in [4.78, 5) is 29.7. The molecular formula is C24H34N4O3. The number of aryl methyl sites for hydroxylation is 1. The van der Waals surface area contributed by atoms with E-state index in [1.54, 1.807) is 4.90 Å². The fourth-order valence-corrected chi connectivity index (χ4v) is 4.66. The Morgan fingerprint density at radius 2 is 2.13 bits per heavy atom. The number of benzene rings is 1. The third kappa shape index (κ3) is 5.38. The van der Waals surface area contributed by atoms with Gasteiger partial charge >= 0.3 is 0 Å². The first-order valence-corrected chi connectivity index (χ1v) is 11.5. The van der Waals surface area contributed by atoms with E-state index in [0.717, 1.165) is 56.4 Å². The summed E-state index contributed by atoms with van der Waals surface area (Å²) in [6, 6.07) is 6.25. The predicted molar refractivity (Wildman–Crippen MR) is 120 cm³/mol. The van der Waals surface area contributed by atoms with Crippen molar-refractivity contribution in [2.45, 2.75) is 82.9 Å². The summed E-state index contributed by atoms with van der Waals surface area (Å²) in [6.07, 6.45) is 8.20. The average Bonchev–Trinajstić information content (AvgIpc) is 3.52. The number of rotatable bonds is 9. The van der Waals surface area contributed by atoms with Gasteiger partial charge in [-0.15, -0.1) is 0 Å². The molecular weight excluding hydrogens is 392 g/mol. The van der Waals surface area contributed by atoms with Crippen LogP contribution in [0.3, 0.4) is 0 Å². The molecule has 0 spiro atoms. The molecule has 0 saturated heterocycles. The monoisotopic (exact) mass is 426 g/mol. The van der Waals surface area contributed by atoms with Gasteiger partial charge in [-0.2, -0.15) is 0 Å². The SMILES string of the molecule is CC1(C)CC(NC=O)c2cc(CCCCC3CC(=O)N(CC4CC4)C(N)=N3)ccc2O1. The van der Waals surface area contributed by atoms with E-state index in [2.05, 4.69) is 22.4 Å². The van der Waals surface area contributed by atoms with Crippen LogP contribution in [-0.2, 0) is 16.0 Å². The van der Waals surface area contributed by atoms with Crippen LogP contribution in [0.15, 0.2) is 23.2 Å². The molecule has 2 amide bonds. The number of unbranched alkanes of at least 4 members (excludes halogenated alkanes) is 1. The summed E-state index contributed by atoms with van der Waals surface area (Å²) in [5, 5.41) is 2.94. The van der Waals surface area contributed by atoms with Gasteiger partial charge in [0.05, 0.1) is 12.1 Å². The van der Waals surface area contributed by atoms with Gasteiger partial charge < -0.3 is 15.8 Å². The first-order chi connectivity index (χ1) is 14.8. The highest BCUT2D eigenvalue weighted by molar-refractivity contribution is 5.98. The van der Waals surface area contributed by atoms with E-state index in [9.17, 15) is 9.59 Å². The number of carbonyl (C=O) groups excluding carboxylic acids is 2. The van der Waals surface area contributed by atoms with Crippen molar-refractivity contribution in [1.29, 1.82) is 0 Å². The van der Waals surface area contributed by atoms with Crippen LogP contribution in [-0.4, -0.2) is 41.4 Å². The summed E-state index contributed by atoms with van der Waals surface area (Å²) < 4.78 is 6.09. The fourth-order valence-electron chi connectivity index (χ4n) is 4.66. The third-order valence-corrected chi connectivity index (χ3v) is 6.49. The highest BCUT2D eigenvalue weighted by atomic mass is 16.5. The van der Waals surface area contributed by atoms with Crippen molar-refractivity contribution in [3.05, 3.63) is 29.3 Å². The lowest BCUT2D eigenvalue weighted by Crippen LogP contribution is -2.48. The van der Waals surface area contributed by atoms with Crippen LogP contribution in [0.1, 0.15) is 76.0 Å². The summed E-state index contributed by atoms with van der Waals surface area (Å²) >= 11 is 0. The molecule has 1 aromatic carbocycles. The molecule has 7 heteroatoms. The molecule has 3 N–H and O–H groups in total. The van der Waals surface area contributed by atoms with Gasteiger partial charge in [0.25, 0.3) is 0 Å². The Bertz CT molecular complexity index is 862. The number of nitrogens with zero attached hydrogens (tertiary/aromatic N) is 2. The number of fused-ring (bicyclic) bond motifs is 1. The highest BCUT2D eigenvalue weighted by Gasteiger charge is 2.34. The maximum Gasteiger partial charge on any atom is 0.231 e. The Balaban J connectivity index is 1.29. The number of carbonyl (C=O) groups is 2. The number of aliphatic imine (C=N–C) groups is 1. The molecule has 2 aliphatic heterocycles. The minimum atomic E-state index is -0.302. The molecule has 1 aromatic rings. The van der Waals surface area contributed by atoms with Crippen molar-refractivity contribution in [3.63, 3.8) is 0 Å². The number of guanidine groups is 1. The topological polar surface area (TPSA) is 97.0 Å². The minimum absolute atomic E-state index is 0.00305. The van der Waals surface area contributed by atoms with Crippen LogP contribution < -0.4 is 15.8 Å². The molecule has 2 heterocycles. The largest absolute Gasteiger partial charge is 0.487 e. The van der Waals surface area contributed by atoms with E-state index in [4.69, 9.17) is 10.5 Å². The minimum Gasteiger partial charge on any atom is -0.487 e. The zero-order valence-corrected chi connectivity index (χ0v) is 18.6. The third-order valence-electron chi connectivity index (χ3n) is 6.49. The molecule has 31 heavy (non-hydrogen) atoms. The Morgan fingerprint density at radius 3 is 2.84 bits per heavy atom. The lowest BCUT2D eigenvalue weighted by Gasteiger charge is -2.37.